The van der Waals surface area contributed by atoms with Gasteiger partial charge in [0.05, 0.1) is 16.7 Å². The Bertz CT molecular complexity index is 425. The Hall–Kier alpha value is -0.440. The Kier molecular flexibility index (Phi) is 2.86. The molecule has 1 aromatic carbocycles. The Morgan fingerprint density at radius 3 is 2.64 bits per heavy atom. The average Bonchev–Trinajstić information content (AvgIpc) is 2.48. The summed E-state index contributed by atoms with van der Waals surface area (Å²) in [5.41, 5.74) is 0. The normalized spacial score (nSPS) is 10.8. The second-order valence-electron chi connectivity index (χ2n) is 2.80. The molecule has 0 spiro atoms. The molecule has 14 heavy (non-hydrogen) atoms. The maximum absolute atomic E-state index is 5.91. The van der Waals surface area contributed by atoms with Crippen LogP contribution in [0.15, 0.2) is 18.2 Å². The van der Waals surface area contributed by atoms with Gasteiger partial charge >= 0.3 is 0 Å². The summed E-state index contributed by atoms with van der Waals surface area (Å²) in [5.74, 6) is 0. The van der Waals surface area contributed by atoms with Gasteiger partial charge in [-0.3, -0.25) is 0 Å². The smallest absolute Gasteiger partial charge is 0.174 e. The van der Waals surface area contributed by atoms with Crippen LogP contribution in [0.25, 0.3) is 10.1 Å². The highest BCUT2D eigenvalue weighted by atomic mass is 35.5. The molecule has 0 aliphatic carbocycles. The first kappa shape index (κ1) is 10.1. The van der Waals surface area contributed by atoms with Crippen LogP contribution >= 0.6 is 34.5 Å². The fraction of sp³-hybridized carbons (Fsp3) is 0.200. The van der Waals surface area contributed by atoms with Gasteiger partial charge in [-0.05, 0) is 30.5 Å². The van der Waals surface area contributed by atoms with Crippen LogP contribution in [-0.4, -0.2) is 6.61 Å². The zero-order valence-corrected chi connectivity index (χ0v) is 9.84. The summed E-state index contributed by atoms with van der Waals surface area (Å²) in [6.07, 6.45) is 0. The first-order chi connectivity index (χ1) is 6.70. The molecular weight excluding hydrogens is 239 g/mol. The van der Waals surface area contributed by atoms with Crippen molar-refractivity contribution in [2.24, 2.45) is 0 Å². The van der Waals surface area contributed by atoms with E-state index in [0.717, 1.165) is 15.1 Å². The van der Waals surface area contributed by atoms with E-state index in [2.05, 4.69) is 0 Å². The molecule has 1 heterocycles. The number of benzene rings is 1. The van der Waals surface area contributed by atoms with Gasteiger partial charge in [0.1, 0.15) is 0 Å². The predicted molar refractivity (Wildman–Crippen MR) is 63.0 cm³/mol. The fourth-order valence-electron chi connectivity index (χ4n) is 1.22. The first-order valence-corrected chi connectivity index (χ1v) is 5.79. The van der Waals surface area contributed by atoms with Crippen molar-refractivity contribution in [2.75, 3.05) is 6.61 Å². The van der Waals surface area contributed by atoms with Crippen molar-refractivity contribution in [3.8, 4) is 5.06 Å². The van der Waals surface area contributed by atoms with Crippen LogP contribution in [0.3, 0.4) is 0 Å². The van der Waals surface area contributed by atoms with Crippen LogP contribution in [0, 0.1) is 0 Å². The minimum atomic E-state index is 0.583. The highest BCUT2D eigenvalue weighted by Crippen LogP contribution is 2.36. The number of thiophene rings is 1. The van der Waals surface area contributed by atoms with Gasteiger partial charge in [-0.25, -0.2) is 0 Å². The van der Waals surface area contributed by atoms with Gasteiger partial charge in [0.25, 0.3) is 0 Å². The zero-order valence-electron chi connectivity index (χ0n) is 7.51. The SMILES string of the molecule is CCOc1cc2cc(Cl)c(Cl)cc2s1. The number of rotatable bonds is 2. The Balaban J connectivity index is 2.54. The zero-order chi connectivity index (χ0) is 10.1. The largest absolute Gasteiger partial charge is 0.484 e. The van der Waals surface area contributed by atoms with Crippen LogP contribution in [0.5, 0.6) is 5.06 Å². The summed E-state index contributed by atoms with van der Waals surface area (Å²) in [5, 5.41) is 3.15. The average molecular weight is 247 g/mol. The van der Waals surface area contributed by atoms with Crippen molar-refractivity contribution >= 4 is 44.6 Å². The van der Waals surface area contributed by atoms with Crippen molar-refractivity contribution < 1.29 is 4.74 Å². The molecule has 0 bridgehead atoms. The van der Waals surface area contributed by atoms with E-state index in [1.807, 2.05) is 25.1 Å². The first-order valence-electron chi connectivity index (χ1n) is 4.22. The molecule has 0 atom stereocenters. The number of halogens is 2. The molecule has 1 aromatic heterocycles. The molecule has 1 nitrogen and oxygen atoms in total. The lowest BCUT2D eigenvalue weighted by atomic mass is 10.3. The third kappa shape index (κ3) is 1.83. The number of fused-ring (bicyclic) bond motifs is 1. The maximum Gasteiger partial charge on any atom is 0.174 e. The standard InChI is InChI=1S/C10H8Cl2OS/c1-2-13-10-4-6-3-7(11)8(12)5-9(6)14-10/h3-5H,2H2,1H3. The van der Waals surface area contributed by atoms with E-state index in [1.54, 1.807) is 11.3 Å². The summed E-state index contributed by atoms with van der Waals surface area (Å²) in [6, 6.07) is 5.70. The fourth-order valence-corrected chi connectivity index (χ4v) is 2.62. The molecule has 0 N–H and O–H groups in total. The van der Waals surface area contributed by atoms with Crippen LogP contribution in [-0.2, 0) is 0 Å². The molecule has 74 valence electrons. The third-order valence-corrected chi connectivity index (χ3v) is 3.56. The lowest BCUT2D eigenvalue weighted by Crippen LogP contribution is -1.86. The van der Waals surface area contributed by atoms with Crippen LogP contribution in [0.4, 0.5) is 0 Å². The maximum atomic E-state index is 5.91. The Labute approximate surface area is 96.2 Å². The molecule has 2 aromatic rings. The van der Waals surface area contributed by atoms with Crippen molar-refractivity contribution in [2.45, 2.75) is 6.92 Å². The number of hydrogen-bond acceptors (Lipinski definition) is 2. The summed E-state index contributed by atoms with van der Waals surface area (Å²) in [7, 11) is 0. The lowest BCUT2D eigenvalue weighted by molar-refractivity contribution is 0.350. The molecule has 0 aliphatic heterocycles. The van der Waals surface area contributed by atoms with Crippen molar-refractivity contribution in [1.82, 2.24) is 0 Å². The molecule has 2 rings (SSSR count). The van der Waals surface area contributed by atoms with E-state index in [4.69, 9.17) is 27.9 Å². The van der Waals surface area contributed by atoms with Crippen LogP contribution in [0.2, 0.25) is 10.0 Å². The molecule has 0 saturated heterocycles. The molecule has 0 fully saturated rings. The van der Waals surface area contributed by atoms with Gasteiger partial charge < -0.3 is 4.74 Å². The van der Waals surface area contributed by atoms with Crippen LogP contribution < -0.4 is 4.74 Å². The van der Waals surface area contributed by atoms with Gasteiger partial charge in [-0.2, -0.15) is 0 Å². The third-order valence-electron chi connectivity index (χ3n) is 1.82. The van der Waals surface area contributed by atoms with Crippen molar-refractivity contribution in [3.05, 3.63) is 28.2 Å². The van der Waals surface area contributed by atoms with E-state index in [1.165, 1.54) is 0 Å². The molecule has 0 unspecified atom stereocenters. The van der Waals surface area contributed by atoms with E-state index in [-0.39, 0.29) is 0 Å². The van der Waals surface area contributed by atoms with Gasteiger partial charge in [0.15, 0.2) is 5.06 Å². The topological polar surface area (TPSA) is 9.23 Å². The second kappa shape index (κ2) is 3.97. The predicted octanol–water partition coefficient (Wildman–Crippen LogP) is 4.61. The van der Waals surface area contributed by atoms with Gasteiger partial charge in [-0.15, -0.1) is 0 Å². The summed E-state index contributed by atoms with van der Waals surface area (Å²) >= 11 is 13.4. The van der Waals surface area contributed by atoms with Gasteiger partial charge in [0.2, 0.25) is 0 Å². The molecular formula is C10H8Cl2OS. The summed E-state index contributed by atoms with van der Waals surface area (Å²) < 4.78 is 6.50. The van der Waals surface area contributed by atoms with Crippen molar-refractivity contribution in [1.29, 1.82) is 0 Å². The Morgan fingerprint density at radius 1 is 1.21 bits per heavy atom. The monoisotopic (exact) mass is 246 g/mol. The number of ether oxygens (including phenoxy) is 1. The van der Waals surface area contributed by atoms with Gasteiger partial charge in [0, 0.05) is 4.70 Å². The minimum absolute atomic E-state index is 0.583. The molecule has 0 amide bonds. The minimum Gasteiger partial charge on any atom is -0.484 e. The lowest BCUT2D eigenvalue weighted by Gasteiger charge is -1.94. The van der Waals surface area contributed by atoms with Crippen molar-refractivity contribution in [3.63, 3.8) is 0 Å². The second-order valence-corrected chi connectivity index (χ2v) is 4.66. The highest BCUT2D eigenvalue weighted by Gasteiger charge is 2.05. The van der Waals surface area contributed by atoms with E-state index in [9.17, 15) is 0 Å². The summed E-state index contributed by atoms with van der Waals surface area (Å²) in [6.45, 7) is 2.64. The summed E-state index contributed by atoms with van der Waals surface area (Å²) in [4.78, 5) is 0. The molecule has 0 radical (unpaired) electrons. The van der Waals surface area contributed by atoms with E-state index >= 15 is 0 Å². The number of hydrogen-bond donors (Lipinski definition) is 0. The molecule has 0 saturated carbocycles. The molecule has 0 aliphatic rings. The Morgan fingerprint density at radius 2 is 1.93 bits per heavy atom. The quantitative estimate of drug-likeness (QED) is 0.753. The van der Waals surface area contributed by atoms with E-state index < -0.39 is 0 Å². The molecule has 4 heteroatoms. The highest BCUT2D eigenvalue weighted by molar-refractivity contribution is 7.20. The van der Waals surface area contributed by atoms with Gasteiger partial charge in [-0.1, -0.05) is 34.5 Å². The van der Waals surface area contributed by atoms with Crippen LogP contribution in [0.1, 0.15) is 6.92 Å². The van der Waals surface area contributed by atoms with E-state index in [0.29, 0.717) is 16.7 Å².